The maximum absolute atomic E-state index is 11.7. The minimum atomic E-state index is -0.0991. The Morgan fingerprint density at radius 1 is 1.38 bits per heavy atom. The van der Waals surface area contributed by atoms with Gasteiger partial charge in [0.2, 0.25) is 0 Å². The van der Waals surface area contributed by atoms with Gasteiger partial charge in [0.1, 0.15) is 0 Å². The first-order chi connectivity index (χ1) is 7.74. The van der Waals surface area contributed by atoms with Gasteiger partial charge in [0.25, 0.3) is 0 Å². The number of morpholine rings is 1. The van der Waals surface area contributed by atoms with Crippen LogP contribution in [-0.4, -0.2) is 37.3 Å². The third-order valence-corrected chi connectivity index (χ3v) is 2.83. The second kappa shape index (κ2) is 7.63. The van der Waals surface area contributed by atoms with Gasteiger partial charge in [-0.1, -0.05) is 33.1 Å². The van der Waals surface area contributed by atoms with E-state index in [0.29, 0.717) is 26.3 Å². The Kier molecular flexibility index (Phi) is 6.42. The van der Waals surface area contributed by atoms with Crippen molar-refractivity contribution in [3.05, 3.63) is 0 Å². The molecule has 0 aromatic carbocycles. The van der Waals surface area contributed by atoms with Gasteiger partial charge >= 0.3 is 5.97 Å². The summed E-state index contributed by atoms with van der Waals surface area (Å²) in [5, 5.41) is 1.71. The minimum Gasteiger partial charge on any atom is -0.379 e. The second-order valence-corrected chi connectivity index (χ2v) is 4.35. The summed E-state index contributed by atoms with van der Waals surface area (Å²) in [5.41, 5.74) is 0. The van der Waals surface area contributed by atoms with Crippen molar-refractivity contribution in [3.63, 3.8) is 0 Å². The maximum Gasteiger partial charge on any atom is 0.327 e. The van der Waals surface area contributed by atoms with E-state index in [4.69, 9.17) is 9.57 Å². The number of hydrogen-bond acceptors (Lipinski definition) is 4. The van der Waals surface area contributed by atoms with Crippen LogP contribution in [0.4, 0.5) is 0 Å². The van der Waals surface area contributed by atoms with Crippen molar-refractivity contribution in [2.75, 3.05) is 26.3 Å². The van der Waals surface area contributed by atoms with Crippen molar-refractivity contribution in [2.45, 2.75) is 39.5 Å². The van der Waals surface area contributed by atoms with Gasteiger partial charge in [-0.3, -0.25) is 4.79 Å². The van der Waals surface area contributed by atoms with E-state index in [1.807, 2.05) is 6.92 Å². The first-order valence-corrected chi connectivity index (χ1v) is 6.28. The summed E-state index contributed by atoms with van der Waals surface area (Å²) >= 11 is 0. The number of rotatable bonds is 6. The molecule has 1 saturated heterocycles. The largest absolute Gasteiger partial charge is 0.379 e. The maximum atomic E-state index is 11.7. The molecule has 0 bridgehead atoms. The molecule has 0 radical (unpaired) electrons. The molecule has 1 rings (SSSR count). The SMILES string of the molecule is CCCCCC(C)C(=O)ON1CCOCC1. The third kappa shape index (κ3) is 4.94. The molecule has 0 aromatic heterocycles. The molecule has 4 nitrogen and oxygen atoms in total. The number of hydrogen-bond donors (Lipinski definition) is 0. The average molecular weight is 229 g/mol. The molecule has 4 heteroatoms. The number of ether oxygens (including phenoxy) is 1. The monoisotopic (exact) mass is 229 g/mol. The van der Waals surface area contributed by atoms with Crippen LogP contribution in [0.3, 0.4) is 0 Å². The van der Waals surface area contributed by atoms with E-state index in [2.05, 4.69) is 6.92 Å². The molecule has 1 aliphatic heterocycles. The summed E-state index contributed by atoms with van der Waals surface area (Å²) in [7, 11) is 0. The Hall–Kier alpha value is -0.610. The molecule has 0 N–H and O–H groups in total. The van der Waals surface area contributed by atoms with E-state index in [9.17, 15) is 4.79 Å². The predicted octanol–water partition coefficient (Wildman–Crippen LogP) is 1.99. The van der Waals surface area contributed by atoms with E-state index < -0.39 is 0 Å². The molecule has 0 aromatic rings. The van der Waals surface area contributed by atoms with Crippen LogP contribution in [0.1, 0.15) is 39.5 Å². The molecule has 0 amide bonds. The van der Waals surface area contributed by atoms with E-state index in [-0.39, 0.29) is 11.9 Å². The zero-order valence-corrected chi connectivity index (χ0v) is 10.4. The van der Waals surface area contributed by atoms with Gasteiger partial charge in [-0.2, -0.15) is 0 Å². The van der Waals surface area contributed by atoms with Crippen LogP contribution >= 0.6 is 0 Å². The first kappa shape index (κ1) is 13.5. The zero-order chi connectivity index (χ0) is 11.8. The van der Waals surface area contributed by atoms with Gasteiger partial charge in [-0.25, -0.2) is 0 Å². The number of unbranched alkanes of at least 4 members (excludes halogenated alkanes) is 2. The van der Waals surface area contributed by atoms with Crippen LogP contribution in [0.5, 0.6) is 0 Å². The Morgan fingerprint density at radius 2 is 2.06 bits per heavy atom. The summed E-state index contributed by atoms with van der Waals surface area (Å²) in [6, 6.07) is 0. The molecule has 1 unspecified atom stereocenters. The summed E-state index contributed by atoms with van der Waals surface area (Å²) in [6.07, 6.45) is 4.41. The normalized spacial score (nSPS) is 19.4. The number of carbonyl (C=O) groups is 1. The highest BCUT2D eigenvalue weighted by Crippen LogP contribution is 2.12. The topological polar surface area (TPSA) is 38.8 Å². The van der Waals surface area contributed by atoms with Gasteiger partial charge in [0.05, 0.1) is 32.2 Å². The van der Waals surface area contributed by atoms with Crippen molar-refractivity contribution in [1.29, 1.82) is 0 Å². The Bertz CT molecular complexity index is 202. The van der Waals surface area contributed by atoms with Crippen molar-refractivity contribution < 1.29 is 14.4 Å². The van der Waals surface area contributed by atoms with E-state index in [0.717, 1.165) is 12.8 Å². The predicted molar refractivity (Wildman–Crippen MR) is 61.8 cm³/mol. The van der Waals surface area contributed by atoms with Crippen molar-refractivity contribution in [3.8, 4) is 0 Å². The lowest BCUT2D eigenvalue weighted by atomic mass is 10.0. The van der Waals surface area contributed by atoms with Gasteiger partial charge in [0, 0.05) is 0 Å². The van der Waals surface area contributed by atoms with Gasteiger partial charge in [-0.15, -0.1) is 5.06 Å². The summed E-state index contributed by atoms with van der Waals surface area (Å²) in [6.45, 7) is 6.78. The second-order valence-electron chi connectivity index (χ2n) is 4.35. The molecule has 0 spiro atoms. The van der Waals surface area contributed by atoms with Crippen molar-refractivity contribution >= 4 is 5.97 Å². The van der Waals surface area contributed by atoms with Crippen LogP contribution < -0.4 is 0 Å². The fourth-order valence-corrected chi connectivity index (χ4v) is 1.67. The van der Waals surface area contributed by atoms with Crippen LogP contribution in [-0.2, 0) is 14.4 Å². The third-order valence-electron chi connectivity index (χ3n) is 2.83. The molecule has 16 heavy (non-hydrogen) atoms. The molecule has 1 aliphatic rings. The van der Waals surface area contributed by atoms with E-state index in [1.165, 1.54) is 12.8 Å². The molecule has 94 valence electrons. The summed E-state index contributed by atoms with van der Waals surface area (Å²) in [4.78, 5) is 17.0. The lowest BCUT2D eigenvalue weighted by Gasteiger charge is -2.26. The quantitative estimate of drug-likeness (QED) is 0.653. The minimum absolute atomic E-state index is 0.00870. The standard InChI is InChI=1S/C12H23NO3/c1-3-4-5-6-11(2)12(14)16-13-7-9-15-10-8-13/h11H,3-10H2,1-2H3. The lowest BCUT2D eigenvalue weighted by Crippen LogP contribution is -2.39. The lowest BCUT2D eigenvalue weighted by molar-refractivity contribution is -0.209. The van der Waals surface area contributed by atoms with E-state index >= 15 is 0 Å². The first-order valence-electron chi connectivity index (χ1n) is 6.28. The van der Waals surface area contributed by atoms with Crippen LogP contribution in [0.15, 0.2) is 0 Å². The van der Waals surface area contributed by atoms with Gasteiger partial charge in [-0.05, 0) is 6.42 Å². The highest BCUT2D eigenvalue weighted by molar-refractivity contribution is 5.71. The van der Waals surface area contributed by atoms with Gasteiger partial charge < -0.3 is 9.57 Å². The Morgan fingerprint density at radius 3 is 2.69 bits per heavy atom. The molecule has 1 heterocycles. The van der Waals surface area contributed by atoms with E-state index in [1.54, 1.807) is 5.06 Å². The Balaban J connectivity index is 2.16. The summed E-state index contributed by atoms with van der Waals surface area (Å²) < 4.78 is 5.19. The highest BCUT2D eigenvalue weighted by atomic mass is 16.7. The number of carbonyl (C=O) groups excluding carboxylic acids is 1. The molecule has 0 saturated carbocycles. The zero-order valence-electron chi connectivity index (χ0n) is 10.4. The molecule has 1 fully saturated rings. The molecule has 1 atom stereocenters. The average Bonchev–Trinajstić information content (AvgIpc) is 2.30. The molecule has 0 aliphatic carbocycles. The van der Waals surface area contributed by atoms with Crippen LogP contribution in [0.2, 0.25) is 0 Å². The van der Waals surface area contributed by atoms with Crippen LogP contribution in [0, 0.1) is 5.92 Å². The number of hydroxylamine groups is 2. The highest BCUT2D eigenvalue weighted by Gasteiger charge is 2.19. The fourth-order valence-electron chi connectivity index (χ4n) is 1.67. The van der Waals surface area contributed by atoms with Crippen molar-refractivity contribution in [2.24, 2.45) is 5.92 Å². The fraction of sp³-hybridized carbons (Fsp3) is 0.917. The molecular weight excluding hydrogens is 206 g/mol. The smallest absolute Gasteiger partial charge is 0.327 e. The number of nitrogens with zero attached hydrogens (tertiary/aromatic N) is 1. The van der Waals surface area contributed by atoms with Crippen molar-refractivity contribution in [1.82, 2.24) is 5.06 Å². The molecular formula is C12H23NO3. The summed E-state index contributed by atoms with van der Waals surface area (Å²) in [5.74, 6) is -0.0904. The van der Waals surface area contributed by atoms with Crippen LogP contribution in [0.25, 0.3) is 0 Å². The van der Waals surface area contributed by atoms with Gasteiger partial charge in [0.15, 0.2) is 0 Å². The Labute approximate surface area is 97.9 Å².